The predicted octanol–water partition coefficient (Wildman–Crippen LogP) is 3.94. The van der Waals surface area contributed by atoms with Crippen LogP contribution in [0.4, 0.5) is 0 Å². The van der Waals surface area contributed by atoms with Gasteiger partial charge in [0.2, 0.25) is 0 Å². The lowest BCUT2D eigenvalue weighted by molar-refractivity contribution is -0.127. The Balaban J connectivity index is 2.36. The Morgan fingerprint density at radius 1 is 0.833 bits per heavy atom. The van der Waals surface area contributed by atoms with Crippen LogP contribution in [0.1, 0.15) is 64.2 Å². The predicted molar refractivity (Wildman–Crippen MR) is 75.5 cm³/mol. The molecule has 1 aliphatic rings. The van der Waals surface area contributed by atoms with E-state index in [1.54, 1.807) is 0 Å². The summed E-state index contributed by atoms with van der Waals surface area (Å²) in [6.45, 7) is 0. The number of hydrogen-bond donors (Lipinski definition) is 1. The normalized spacial score (nSPS) is 28.7. The summed E-state index contributed by atoms with van der Waals surface area (Å²) in [5, 5.41) is 9.68. The van der Waals surface area contributed by atoms with Crippen LogP contribution < -0.4 is 0 Å². The molecule has 0 bridgehead atoms. The van der Waals surface area contributed by atoms with Gasteiger partial charge in [-0.3, -0.25) is 4.79 Å². The summed E-state index contributed by atoms with van der Waals surface area (Å²) in [7, 11) is 0. The first-order valence-electron chi connectivity index (χ1n) is 7.31. The average Bonchev–Trinajstić information content (AvgIpc) is 2.37. The number of Topliss-reactive ketones (excluding diaryl/α,β-unsaturated/α-hetero) is 1. The first-order valence-corrected chi connectivity index (χ1v) is 7.31. The summed E-state index contributed by atoms with van der Waals surface area (Å²) in [6.07, 6.45) is 17.7. The molecule has 0 amide bonds. The van der Waals surface area contributed by atoms with Crippen molar-refractivity contribution < 1.29 is 9.90 Å². The Morgan fingerprint density at radius 2 is 1.39 bits per heavy atom. The minimum absolute atomic E-state index is 0.0138. The van der Waals surface area contributed by atoms with Crippen LogP contribution in [0.2, 0.25) is 0 Å². The van der Waals surface area contributed by atoms with E-state index in [0.717, 1.165) is 25.7 Å². The van der Waals surface area contributed by atoms with Crippen LogP contribution in [0.5, 0.6) is 0 Å². The maximum Gasteiger partial charge on any atom is 0.161 e. The fourth-order valence-corrected chi connectivity index (χ4v) is 2.16. The topological polar surface area (TPSA) is 37.3 Å². The molecule has 2 heteroatoms. The number of aliphatic hydroxyl groups is 1. The first-order chi connectivity index (χ1) is 8.80. The molecule has 0 heterocycles. The van der Waals surface area contributed by atoms with Gasteiger partial charge in [-0.05, 0) is 44.9 Å². The quantitative estimate of drug-likeness (QED) is 0.661. The monoisotopic (exact) mass is 250 g/mol. The van der Waals surface area contributed by atoms with Crippen LogP contribution in [0, 0.1) is 0 Å². The highest BCUT2D eigenvalue weighted by Gasteiger charge is 2.12. The molecule has 0 saturated heterocycles. The van der Waals surface area contributed by atoms with Crippen molar-refractivity contribution in [2.24, 2.45) is 0 Å². The van der Waals surface area contributed by atoms with E-state index in [4.69, 9.17) is 0 Å². The Morgan fingerprint density at radius 3 is 2.06 bits per heavy atom. The highest BCUT2D eigenvalue weighted by molar-refractivity contribution is 5.82. The number of carbonyl (C=O) groups is 1. The van der Waals surface area contributed by atoms with Gasteiger partial charge in [-0.25, -0.2) is 0 Å². The highest BCUT2D eigenvalue weighted by Crippen LogP contribution is 2.09. The lowest BCUT2D eigenvalue weighted by Gasteiger charge is -2.07. The average molecular weight is 250 g/mol. The third-order valence-corrected chi connectivity index (χ3v) is 3.36. The second-order valence-corrected chi connectivity index (χ2v) is 5.03. The number of rotatable bonds is 0. The number of carbonyl (C=O) groups excluding carboxylic acids is 1. The second-order valence-electron chi connectivity index (χ2n) is 5.03. The summed E-state index contributed by atoms with van der Waals surface area (Å²) in [5.74, 6) is -0.0138. The zero-order valence-electron chi connectivity index (χ0n) is 11.3. The van der Waals surface area contributed by atoms with Crippen molar-refractivity contribution in [3.63, 3.8) is 0 Å². The van der Waals surface area contributed by atoms with Crippen LogP contribution in [0.15, 0.2) is 24.3 Å². The van der Waals surface area contributed by atoms with Gasteiger partial charge in [-0.1, -0.05) is 37.1 Å². The maximum atomic E-state index is 11.6. The van der Waals surface area contributed by atoms with E-state index in [1.807, 2.05) is 0 Å². The van der Waals surface area contributed by atoms with Crippen LogP contribution >= 0.6 is 0 Å². The Bertz CT molecular complexity index is 279. The minimum Gasteiger partial charge on any atom is -0.385 e. The Hall–Kier alpha value is -0.890. The maximum absolute atomic E-state index is 11.6. The minimum atomic E-state index is -0.768. The van der Waals surface area contributed by atoms with E-state index in [0.29, 0.717) is 12.8 Å². The van der Waals surface area contributed by atoms with Gasteiger partial charge in [0.25, 0.3) is 0 Å². The molecule has 1 atom stereocenters. The van der Waals surface area contributed by atoms with Crippen molar-refractivity contribution in [2.75, 3.05) is 0 Å². The van der Waals surface area contributed by atoms with Crippen LogP contribution in [0.25, 0.3) is 0 Å². The Kier molecular flexibility index (Phi) is 8.49. The van der Waals surface area contributed by atoms with Gasteiger partial charge < -0.3 is 5.11 Å². The lowest BCUT2D eigenvalue weighted by Crippen LogP contribution is -2.19. The van der Waals surface area contributed by atoms with Crippen molar-refractivity contribution in [3.8, 4) is 0 Å². The molecule has 1 unspecified atom stereocenters. The molecule has 0 saturated carbocycles. The SMILES string of the molecule is O=C1CC/C=C/CCCCCC/C=C/CCC1O. The molecule has 0 radical (unpaired) electrons. The van der Waals surface area contributed by atoms with Gasteiger partial charge >= 0.3 is 0 Å². The molecule has 18 heavy (non-hydrogen) atoms. The van der Waals surface area contributed by atoms with Crippen molar-refractivity contribution in [2.45, 2.75) is 70.3 Å². The summed E-state index contributed by atoms with van der Waals surface area (Å²) < 4.78 is 0. The number of allylic oxidation sites excluding steroid dienone is 4. The van der Waals surface area contributed by atoms with Gasteiger partial charge in [-0.2, -0.15) is 0 Å². The smallest absolute Gasteiger partial charge is 0.161 e. The summed E-state index contributed by atoms with van der Waals surface area (Å²) in [6, 6.07) is 0. The van der Waals surface area contributed by atoms with Gasteiger partial charge in [0.05, 0.1) is 0 Å². The molecule has 2 nitrogen and oxygen atoms in total. The Labute approximate surface area is 111 Å². The standard InChI is InChI=1S/C16H26O2/c17-15-13-11-9-7-5-3-1-2-4-6-8-10-12-14-16(15)18/h7-10,15,17H,1-6,11-14H2/b9-7+,10-8+. The lowest BCUT2D eigenvalue weighted by atomic mass is 10.0. The molecule has 102 valence electrons. The van der Waals surface area contributed by atoms with E-state index < -0.39 is 6.10 Å². The van der Waals surface area contributed by atoms with E-state index in [1.165, 1.54) is 25.7 Å². The molecule has 0 aromatic rings. The molecule has 1 aliphatic carbocycles. The highest BCUT2D eigenvalue weighted by atomic mass is 16.3. The van der Waals surface area contributed by atoms with Crippen molar-refractivity contribution in [3.05, 3.63) is 24.3 Å². The van der Waals surface area contributed by atoms with Crippen molar-refractivity contribution in [1.29, 1.82) is 0 Å². The van der Waals surface area contributed by atoms with E-state index >= 15 is 0 Å². The third-order valence-electron chi connectivity index (χ3n) is 3.36. The number of hydrogen-bond acceptors (Lipinski definition) is 2. The van der Waals surface area contributed by atoms with Gasteiger partial charge in [0, 0.05) is 6.42 Å². The zero-order chi connectivity index (χ0) is 13.1. The second kappa shape index (κ2) is 10.1. The largest absolute Gasteiger partial charge is 0.385 e. The van der Waals surface area contributed by atoms with E-state index in [9.17, 15) is 9.90 Å². The van der Waals surface area contributed by atoms with Crippen molar-refractivity contribution >= 4 is 5.78 Å². The summed E-state index contributed by atoms with van der Waals surface area (Å²) >= 11 is 0. The van der Waals surface area contributed by atoms with Gasteiger partial charge in [0.1, 0.15) is 6.10 Å². The fourth-order valence-electron chi connectivity index (χ4n) is 2.16. The fraction of sp³-hybridized carbons (Fsp3) is 0.688. The van der Waals surface area contributed by atoms with E-state index in [2.05, 4.69) is 24.3 Å². The van der Waals surface area contributed by atoms with Gasteiger partial charge in [0.15, 0.2) is 5.78 Å². The molecule has 1 N–H and O–H groups in total. The summed E-state index contributed by atoms with van der Waals surface area (Å²) in [5.41, 5.74) is 0. The third kappa shape index (κ3) is 7.44. The molecule has 0 spiro atoms. The molecule has 0 aromatic carbocycles. The molecule has 0 aromatic heterocycles. The molecular weight excluding hydrogens is 224 g/mol. The number of aliphatic hydroxyl groups excluding tert-OH is 1. The summed E-state index contributed by atoms with van der Waals surface area (Å²) in [4.78, 5) is 11.6. The van der Waals surface area contributed by atoms with Crippen LogP contribution in [-0.2, 0) is 4.79 Å². The molecule has 1 rings (SSSR count). The van der Waals surface area contributed by atoms with E-state index in [-0.39, 0.29) is 5.78 Å². The first kappa shape index (κ1) is 15.2. The molecule has 0 fully saturated rings. The van der Waals surface area contributed by atoms with Crippen LogP contribution in [-0.4, -0.2) is 17.0 Å². The molecule has 0 aliphatic heterocycles. The number of ketones is 1. The zero-order valence-corrected chi connectivity index (χ0v) is 11.3. The van der Waals surface area contributed by atoms with Crippen molar-refractivity contribution in [1.82, 2.24) is 0 Å². The van der Waals surface area contributed by atoms with Crippen LogP contribution in [0.3, 0.4) is 0 Å². The van der Waals surface area contributed by atoms with Gasteiger partial charge in [-0.15, -0.1) is 0 Å². The molecular formula is C16H26O2.